The average molecular weight is 252 g/mol. The van der Waals surface area contributed by atoms with Gasteiger partial charge >= 0.3 is 5.97 Å². The number of fused-ring (bicyclic) bond motifs is 1. The molecule has 0 saturated carbocycles. The van der Waals surface area contributed by atoms with Gasteiger partial charge in [0, 0.05) is 24.0 Å². The number of halogens is 1. The molecule has 0 fully saturated rings. The van der Waals surface area contributed by atoms with Gasteiger partial charge in [-0.15, -0.1) is 0 Å². The average Bonchev–Trinajstić information content (AvgIpc) is 2.71. The molecule has 4 heteroatoms. The van der Waals surface area contributed by atoms with Crippen LogP contribution in [0.15, 0.2) is 30.5 Å². The molecule has 1 aromatic carbocycles. The Hall–Kier alpha value is -1.48. The van der Waals surface area contributed by atoms with Crippen LogP contribution >= 0.6 is 11.6 Å². The summed E-state index contributed by atoms with van der Waals surface area (Å²) >= 11 is 6.17. The second kappa shape index (κ2) is 4.80. The Morgan fingerprint density at radius 2 is 2.24 bits per heavy atom. The van der Waals surface area contributed by atoms with E-state index in [1.165, 1.54) is 0 Å². The van der Waals surface area contributed by atoms with Crippen LogP contribution in [-0.2, 0) is 4.79 Å². The summed E-state index contributed by atoms with van der Waals surface area (Å²) in [6.45, 7) is 2.01. The molecular weight excluding hydrogens is 238 g/mol. The summed E-state index contributed by atoms with van der Waals surface area (Å²) in [5, 5.41) is 10.5. The van der Waals surface area contributed by atoms with Crippen molar-refractivity contribution in [3.05, 3.63) is 35.5 Å². The first kappa shape index (κ1) is 12.0. The molecule has 0 bridgehead atoms. The number of nitrogens with zero attached hydrogens (tertiary/aromatic N) is 1. The zero-order valence-corrected chi connectivity index (χ0v) is 10.3. The first-order valence-electron chi connectivity index (χ1n) is 5.56. The lowest BCUT2D eigenvalue weighted by molar-refractivity contribution is -0.137. The predicted molar refractivity (Wildman–Crippen MR) is 68.5 cm³/mol. The van der Waals surface area contributed by atoms with Crippen molar-refractivity contribution < 1.29 is 9.90 Å². The Balaban J connectivity index is 2.32. The summed E-state index contributed by atoms with van der Waals surface area (Å²) < 4.78 is 2.04. The SMILES string of the molecule is CC(CCC(=O)O)n1ccc2cccc(Cl)c21. The van der Waals surface area contributed by atoms with Crippen LogP contribution in [0.3, 0.4) is 0 Å². The Morgan fingerprint density at radius 3 is 2.94 bits per heavy atom. The molecule has 2 rings (SSSR count). The number of hydrogen-bond acceptors (Lipinski definition) is 1. The van der Waals surface area contributed by atoms with Crippen molar-refractivity contribution >= 4 is 28.5 Å². The zero-order valence-electron chi connectivity index (χ0n) is 9.56. The number of hydrogen-bond donors (Lipinski definition) is 1. The molecule has 1 aromatic heterocycles. The third-order valence-electron chi connectivity index (χ3n) is 2.94. The van der Waals surface area contributed by atoms with Crippen molar-refractivity contribution in [1.82, 2.24) is 4.57 Å². The fourth-order valence-corrected chi connectivity index (χ4v) is 2.29. The molecule has 0 aliphatic heterocycles. The summed E-state index contributed by atoms with van der Waals surface area (Å²) in [5.74, 6) is -0.764. The number of carboxylic acids is 1. The first-order valence-corrected chi connectivity index (χ1v) is 5.94. The van der Waals surface area contributed by atoms with E-state index in [0.29, 0.717) is 11.4 Å². The molecule has 3 nitrogen and oxygen atoms in total. The molecule has 0 spiro atoms. The van der Waals surface area contributed by atoms with Gasteiger partial charge in [0.15, 0.2) is 0 Å². The minimum atomic E-state index is -0.764. The quantitative estimate of drug-likeness (QED) is 0.900. The van der Waals surface area contributed by atoms with Crippen LogP contribution in [0.4, 0.5) is 0 Å². The van der Waals surface area contributed by atoms with Crippen molar-refractivity contribution in [2.24, 2.45) is 0 Å². The Bertz CT molecular complexity index is 547. The van der Waals surface area contributed by atoms with Gasteiger partial charge < -0.3 is 9.67 Å². The van der Waals surface area contributed by atoms with E-state index >= 15 is 0 Å². The molecule has 1 heterocycles. The molecule has 0 aliphatic rings. The lowest BCUT2D eigenvalue weighted by Crippen LogP contribution is -2.06. The van der Waals surface area contributed by atoms with Gasteiger partial charge in [-0.3, -0.25) is 4.79 Å². The fraction of sp³-hybridized carbons (Fsp3) is 0.308. The topological polar surface area (TPSA) is 42.2 Å². The van der Waals surface area contributed by atoms with Crippen molar-refractivity contribution in [3.8, 4) is 0 Å². The molecule has 0 saturated heterocycles. The van der Waals surface area contributed by atoms with Crippen LogP contribution in [-0.4, -0.2) is 15.6 Å². The number of aromatic nitrogens is 1. The highest BCUT2D eigenvalue weighted by molar-refractivity contribution is 6.35. The number of para-hydroxylation sites is 1. The zero-order chi connectivity index (χ0) is 12.4. The number of carbonyl (C=O) groups is 1. The van der Waals surface area contributed by atoms with Crippen LogP contribution in [0, 0.1) is 0 Å². The molecule has 1 unspecified atom stereocenters. The van der Waals surface area contributed by atoms with E-state index in [-0.39, 0.29) is 12.5 Å². The number of rotatable bonds is 4. The summed E-state index contributed by atoms with van der Waals surface area (Å²) in [6.07, 6.45) is 2.73. The monoisotopic (exact) mass is 251 g/mol. The lowest BCUT2D eigenvalue weighted by atomic mass is 10.1. The van der Waals surface area contributed by atoms with Crippen molar-refractivity contribution in [2.75, 3.05) is 0 Å². The van der Waals surface area contributed by atoms with Gasteiger partial charge in [-0.1, -0.05) is 23.7 Å². The van der Waals surface area contributed by atoms with Gasteiger partial charge in [-0.25, -0.2) is 0 Å². The van der Waals surface area contributed by atoms with Gasteiger partial charge in [-0.2, -0.15) is 0 Å². The second-order valence-corrected chi connectivity index (χ2v) is 4.59. The van der Waals surface area contributed by atoms with Crippen LogP contribution in [0.1, 0.15) is 25.8 Å². The minimum Gasteiger partial charge on any atom is -0.481 e. The third-order valence-corrected chi connectivity index (χ3v) is 3.25. The lowest BCUT2D eigenvalue weighted by Gasteiger charge is -2.14. The van der Waals surface area contributed by atoms with Crippen LogP contribution in [0.2, 0.25) is 5.02 Å². The third kappa shape index (κ3) is 2.44. The largest absolute Gasteiger partial charge is 0.481 e. The molecular formula is C13H14ClNO2. The van der Waals surface area contributed by atoms with Gasteiger partial charge in [-0.05, 0) is 25.5 Å². The first-order chi connectivity index (χ1) is 8.09. The van der Waals surface area contributed by atoms with Gasteiger partial charge in [0.1, 0.15) is 0 Å². The van der Waals surface area contributed by atoms with Gasteiger partial charge in [0.05, 0.1) is 10.5 Å². The van der Waals surface area contributed by atoms with Crippen molar-refractivity contribution in [1.29, 1.82) is 0 Å². The summed E-state index contributed by atoms with van der Waals surface area (Å²) in [6, 6.07) is 7.89. The Kier molecular flexibility index (Phi) is 3.38. The molecule has 90 valence electrons. The van der Waals surface area contributed by atoms with Crippen molar-refractivity contribution in [3.63, 3.8) is 0 Å². The summed E-state index contributed by atoms with van der Waals surface area (Å²) in [7, 11) is 0. The van der Waals surface area contributed by atoms with E-state index in [9.17, 15) is 4.79 Å². The van der Waals surface area contributed by atoms with Gasteiger partial charge in [0.25, 0.3) is 0 Å². The van der Waals surface area contributed by atoms with E-state index in [0.717, 1.165) is 10.9 Å². The normalized spacial score (nSPS) is 12.8. The van der Waals surface area contributed by atoms with E-state index < -0.39 is 5.97 Å². The van der Waals surface area contributed by atoms with E-state index in [4.69, 9.17) is 16.7 Å². The minimum absolute atomic E-state index is 0.128. The highest BCUT2D eigenvalue weighted by atomic mass is 35.5. The van der Waals surface area contributed by atoms with E-state index in [1.54, 1.807) is 0 Å². The second-order valence-electron chi connectivity index (χ2n) is 4.18. The molecule has 17 heavy (non-hydrogen) atoms. The standard InChI is InChI=1S/C13H14ClNO2/c1-9(5-6-12(16)17)15-8-7-10-3-2-4-11(14)13(10)15/h2-4,7-9H,5-6H2,1H3,(H,16,17). The van der Waals surface area contributed by atoms with Gasteiger partial charge in [0.2, 0.25) is 0 Å². The Morgan fingerprint density at radius 1 is 1.47 bits per heavy atom. The summed E-state index contributed by atoms with van der Waals surface area (Å²) in [5.41, 5.74) is 0.979. The molecule has 1 atom stereocenters. The highest BCUT2D eigenvalue weighted by Crippen LogP contribution is 2.28. The maximum absolute atomic E-state index is 10.6. The molecule has 0 amide bonds. The molecule has 0 radical (unpaired) electrons. The number of carboxylic acid groups (broad SMARTS) is 1. The summed E-state index contributed by atoms with van der Waals surface area (Å²) in [4.78, 5) is 10.6. The molecule has 1 N–H and O–H groups in total. The number of aliphatic carboxylic acids is 1. The smallest absolute Gasteiger partial charge is 0.303 e. The molecule has 2 aromatic rings. The molecule has 0 aliphatic carbocycles. The maximum atomic E-state index is 10.6. The highest BCUT2D eigenvalue weighted by Gasteiger charge is 2.11. The Labute approximate surface area is 105 Å². The van der Waals surface area contributed by atoms with E-state index in [1.807, 2.05) is 42.0 Å². The van der Waals surface area contributed by atoms with Crippen LogP contribution < -0.4 is 0 Å². The maximum Gasteiger partial charge on any atom is 0.303 e. The fourth-order valence-electron chi connectivity index (χ4n) is 2.01. The van der Waals surface area contributed by atoms with Crippen molar-refractivity contribution in [2.45, 2.75) is 25.8 Å². The van der Waals surface area contributed by atoms with Crippen LogP contribution in [0.5, 0.6) is 0 Å². The number of benzene rings is 1. The van der Waals surface area contributed by atoms with Crippen LogP contribution in [0.25, 0.3) is 10.9 Å². The predicted octanol–water partition coefficient (Wildman–Crippen LogP) is 3.72. The van der Waals surface area contributed by atoms with E-state index in [2.05, 4.69) is 0 Å².